The van der Waals surface area contributed by atoms with Gasteiger partial charge < -0.3 is 5.32 Å². The Morgan fingerprint density at radius 3 is 2.71 bits per heavy atom. The SMILES string of the molecule is CC1=CC(C)CC(CNc2ccc(-c3ccn[nH]3)cc2)C1. The van der Waals surface area contributed by atoms with Gasteiger partial charge in [0.2, 0.25) is 0 Å². The molecule has 1 heterocycles. The molecule has 1 aliphatic carbocycles. The normalized spacial score (nSPS) is 21.9. The summed E-state index contributed by atoms with van der Waals surface area (Å²) in [6, 6.07) is 10.5. The number of hydrogen-bond acceptors (Lipinski definition) is 2. The van der Waals surface area contributed by atoms with Gasteiger partial charge in [0, 0.05) is 18.4 Å². The second kappa shape index (κ2) is 6.17. The van der Waals surface area contributed by atoms with Gasteiger partial charge in [0.1, 0.15) is 0 Å². The first kappa shape index (κ1) is 13.9. The summed E-state index contributed by atoms with van der Waals surface area (Å²) >= 11 is 0. The topological polar surface area (TPSA) is 40.7 Å². The second-order valence-electron chi connectivity index (χ2n) is 6.22. The van der Waals surface area contributed by atoms with E-state index in [1.807, 2.05) is 6.07 Å². The summed E-state index contributed by atoms with van der Waals surface area (Å²) < 4.78 is 0. The summed E-state index contributed by atoms with van der Waals surface area (Å²) in [6.07, 6.45) is 6.71. The largest absolute Gasteiger partial charge is 0.385 e. The lowest BCUT2D eigenvalue weighted by Crippen LogP contribution is -2.20. The van der Waals surface area contributed by atoms with Gasteiger partial charge in [-0.1, -0.05) is 30.7 Å². The third-order valence-corrected chi connectivity index (χ3v) is 4.18. The molecule has 2 unspecified atom stereocenters. The Bertz CT molecular complexity index is 596. The van der Waals surface area contributed by atoms with Gasteiger partial charge in [-0.05, 0) is 55.4 Å². The van der Waals surface area contributed by atoms with E-state index in [2.05, 4.69) is 59.7 Å². The Hall–Kier alpha value is -2.03. The lowest BCUT2D eigenvalue weighted by Gasteiger charge is -2.26. The Balaban J connectivity index is 1.58. The molecule has 0 amide bonds. The van der Waals surface area contributed by atoms with E-state index in [-0.39, 0.29) is 0 Å². The minimum absolute atomic E-state index is 0.716. The molecule has 3 nitrogen and oxygen atoms in total. The predicted octanol–water partition coefficient (Wildman–Crippen LogP) is 4.48. The first-order valence-corrected chi connectivity index (χ1v) is 7.71. The minimum Gasteiger partial charge on any atom is -0.385 e. The first-order chi connectivity index (χ1) is 10.2. The number of anilines is 1. The molecule has 1 aliphatic rings. The van der Waals surface area contributed by atoms with Gasteiger partial charge in [-0.2, -0.15) is 5.10 Å². The van der Waals surface area contributed by atoms with Crippen molar-refractivity contribution >= 4 is 5.69 Å². The summed E-state index contributed by atoms with van der Waals surface area (Å²) in [4.78, 5) is 0. The van der Waals surface area contributed by atoms with Crippen molar-refractivity contribution in [2.24, 2.45) is 11.8 Å². The lowest BCUT2D eigenvalue weighted by molar-refractivity contribution is 0.421. The van der Waals surface area contributed by atoms with E-state index in [0.717, 1.165) is 18.2 Å². The fourth-order valence-electron chi connectivity index (χ4n) is 3.29. The van der Waals surface area contributed by atoms with Gasteiger partial charge in [0.05, 0.1) is 5.69 Å². The van der Waals surface area contributed by atoms with Crippen molar-refractivity contribution in [1.29, 1.82) is 0 Å². The van der Waals surface area contributed by atoms with Crippen molar-refractivity contribution in [2.75, 3.05) is 11.9 Å². The average Bonchev–Trinajstić information content (AvgIpc) is 2.99. The summed E-state index contributed by atoms with van der Waals surface area (Å²) in [5, 5.41) is 10.6. The molecule has 2 N–H and O–H groups in total. The maximum atomic E-state index is 3.99. The zero-order chi connectivity index (χ0) is 14.7. The Morgan fingerprint density at radius 2 is 2.05 bits per heavy atom. The number of H-pyrrole nitrogens is 1. The van der Waals surface area contributed by atoms with E-state index >= 15 is 0 Å². The lowest BCUT2D eigenvalue weighted by atomic mass is 9.84. The molecule has 3 heteroatoms. The van der Waals surface area contributed by atoms with E-state index < -0.39 is 0 Å². The fraction of sp³-hybridized carbons (Fsp3) is 0.389. The van der Waals surface area contributed by atoms with Crippen LogP contribution in [0.1, 0.15) is 26.7 Å². The molecule has 0 fully saturated rings. The standard InChI is InChI=1S/C18H23N3/c1-13-9-14(2)11-15(10-13)12-19-17-5-3-16(4-6-17)18-7-8-20-21-18/h3-9,13,15,19H,10-12H2,1-2H3,(H,20,21). The zero-order valence-corrected chi connectivity index (χ0v) is 12.8. The molecular formula is C18H23N3. The highest BCUT2D eigenvalue weighted by Gasteiger charge is 2.17. The van der Waals surface area contributed by atoms with E-state index in [0.29, 0.717) is 5.92 Å². The number of hydrogen-bond donors (Lipinski definition) is 2. The van der Waals surface area contributed by atoms with Gasteiger partial charge >= 0.3 is 0 Å². The summed E-state index contributed by atoms with van der Waals surface area (Å²) in [7, 11) is 0. The number of aromatic nitrogens is 2. The quantitative estimate of drug-likeness (QED) is 0.811. The van der Waals surface area contributed by atoms with Gasteiger partial charge in [-0.25, -0.2) is 0 Å². The number of nitrogens with one attached hydrogen (secondary N) is 2. The highest BCUT2D eigenvalue weighted by Crippen LogP contribution is 2.28. The molecule has 110 valence electrons. The van der Waals surface area contributed by atoms with Crippen LogP contribution in [0.3, 0.4) is 0 Å². The van der Waals surface area contributed by atoms with Crippen molar-refractivity contribution in [3.05, 3.63) is 48.2 Å². The van der Waals surface area contributed by atoms with Crippen LogP contribution in [0, 0.1) is 11.8 Å². The number of allylic oxidation sites excluding steroid dienone is 2. The minimum atomic E-state index is 0.716. The fourth-order valence-corrected chi connectivity index (χ4v) is 3.29. The highest BCUT2D eigenvalue weighted by atomic mass is 15.1. The zero-order valence-electron chi connectivity index (χ0n) is 12.8. The van der Waals surface area contributed by atoms with Gasteiger partial charge in [-0.3, -0.25) is 5.10 Å². The predicted molar refractivity (Wildman–Crippen MR) is 88.2 cm³/mol. The van der Waals surface area contributed by atoms with E-state index in [1.165, 1.54) is 29.7 Å². The molecule has 0 saturated carbocycles. The monoisotopic (exact) mass is 281 g/mol. The van der Waals surface area contributed by atoms with Gasteiger partial charge in [0.25, 0.3) is 0 Å². The third kappa shape index (κ3) is 3.54. The molecule has 0 radical (unpaired) electrons. The van der Waals surface area contributed by atoms with Crippen LogP contribution in [-0.2, 0) is 0 Å². The van der Waals surface area contributed by atoms with Crippen LogP contribution in [-0.4, -0.2) is 16.7 Å². The van der Waals surface area contributed by atoms with Crippen molar-refractivity contribution in [3.63, 3.8) is 0 Å². The van der Waals surface area contributed by atoms with Crippen LogP contribution in [0.25, 0.3) is 11.3 Å². The maximum Gasteiger partial charge on any atom is 0.0650 e. The van der Waals surface area contributed by atoms with Crippen LogP contribution in [0.5, 0.6) is 0 Å². The summed E-state index contributed by atoms with van der Waals surface area (Å²) in [6.45, 7) is 5.62. The van der Waals surface area contributed by atoms with Crippen molar-refractivity contribution in [1.82, 2.24) is 10.2 Å². The van der Waals surface area contributed by atoms with Crippen LogP contribution in [0.15, 0.2) is 48.2 Å². The second-order valence-corrected chi connectivity index (χ2v) is 6.22. The number of benzene rings is 1. The van der Waals surface area contributed by atoms with Crippen LogP contribution in [0.2, 0.25) is 0 Å². The molecule has 2 atom stereocenters. The Kier molecular flexibility index (Phi) is 4.09. The number of nitrogens with zero attached hydrogens (tertiary/aromatic N) is 1. The van der Waals surface area contributed by atoms with E-state index in [4.69, 9.17) is 0 Å². The first-order valence-electron chi connectivity index (χ1n) is 7.71. The molecular weight excluding hydrogens is 258 g/mol. The maximum absolute atomic E-state index is 3.99. The molecule has 1 aromatic heterocycles. The van der Waals surface area contributed by atoms with Crippen LogP contribution in [0.4, 0.5) is 5.69 Å². The smallest absolute Gasteiger partial charge is 0.0650 e. The number of aromatic amines is 1. The highest BCUT2D eigenvalue weighted by molar-refractivity contribution is 5.62. The van der Waals surface area contributed by atoms with Gasteiger partial charge in [-0.15, -0.1) is 0 Å². The van der Waals surface area contributed by atoms with Crippen LogP contribution >= 0.6 is 0 Å². The molecule has 21 heavy (non-hydrogen) atoms. The average molecular weight is 281 g/mol. The molecule has 0 bridgehead atoms. The van der Waals surface area contributed by atoms with Crippen molar-refractivity contribution in [2.45, 2.75) is 26.7 Å². The van der Waals surface area contributed by atoms with E-state index in [1.54, 1.807) is 6.20 Å². The summed E-state index contributed by atoms with van der Waals surface area (Å²) in [5.41, 5.74) is 4.96. The molecule has 0 saturated heterocycles. The number of rotatable bonds is 4. The Morgan fingerprint density at radius 1 is 1.24 bits per heavy atom. The van der Waals surface area contributed by atoms with Gasteiger partial charge in [0.15, 0.2) is 0 Å². The molecule has 0 spiro atoms. The Labute approximate surface area is 126 Å². The van der Waals surface area contributed by atoms with E-state index in [9.17, 15) is 0 Å². The summed E-state index contributed by atoms with van der Waals surface area (Å²) in [5.74, 6) is 1.46. The van der Waals surface area contributed by atoms with Crippen LogP contribution < -0.4 is 5.32 Å². The van der Waals surface area contributed by atoms with Crippen molar-refractivity contribution < 1.29 is 0 Å². The molecule has 1 aromatic carbocycles. The molecule has 3 rings (SSSR count). The molecule has 0 aliphatic heterocycles. The third-order valence-electron chi connectivity index (χ3n) is 4.18. The van der Waals surface area contributed by atoms with Crippen molar-refractivity contribution in [3.8, 4) is 11.3 Å². The molecule has 2 aromatic rings.